The van der Waals surface area contributed by atoms with Gasteiger partial charge in [0.25, 0.3) is 5.91 Å². The summed E-state index contributed by atoms with van der Waals surface area (Å²) in [4.78, 5) is 13.2. The number of nitrogens with one attached hydrogen (secondary N) is 1. The van der Waals surface area contributed by atoms with Gasteiger partial charge in [0.1, 0.15) is 0 Å². The van der Waals surface area contributed by atoms with E-state index in [1.54, 1.807) is 17.8 Å². The van der Waals surface area contributed by atoms with Crippen LogP contribution >= 0.6 is 11.8 Å². The number of rotatable bonds is 4. The summed E-state index contributed by atoms with van der Waals surface area (Å²) in [5.74, 6) is -0.563. The fourth-order valence-corrected chi connectivity index (χ4v) is 2.87. The zero-order valence-electron chi connectivity index (χ0n) is 12.7. The van der Waals surface area contributed by atoms with Gasteiger partial charge in [0.2, 0.25) is 0 Å². The minimum absolute atomic E-state index is 0.0231. The number of halogens is 3. The fourth-order valence-electron chi connectivity index (χ4n) is 2.15. The van der Waals surface area contributed by atoms with Gasteiger partial charge in [-0.05, 0) is 48.6 Å². The number of alkyl halides is 3. The summed E-state index contributed by atoms with van der Waals surface area (Å²) in [7, 11) is 0. The fraction of sp³-hybridized carbons (Fsp3) is 0.235. The molecule has 0 aliphatic carbocycles. The van der Waals surface area contributed by atoms with Crippen LogP contribution in [0.3, 0.4) is 0 Å². The van der Waals surface area contributed by atoms with E-state index >= 15 is 0 Å². The molecule has 0 fully saturated rings. The molecule has 1 N–H and O–H groups in total. The predicted octanol–water partition coefficient (Wildman–Crippen LogP) is 5.24. The lowest BCUT2D eigenvalue weighted by Crippen LogP contribution is -2.14. The highest BCUT2D eigenvalue weighted by molar-refractivity contribution is 7.98. The Balaban J connectivity index is 2.22. The van der Waals surface area contributed by atoms with Crippen molar-refractivity contribution in [2.75, 3.05) is 11.6 Å². The van der Waals surface area contributed by atoms with Crippen LogP contribution in [-0.2, 0) is 12.6 Å². The number of amides is 1. The second-order valence-corrected chi connectivity index (χ2v) is 5.76. The molecule has 2 nitrogen and oxygen atoms in total. The van der Waals surface area contributed by atoms with Gasteiger partial charge in [0.05, 0.1) is 5.56 Å². The van der Waals surface area contributed by atoms with Crippen LogP contribution in [0.5, 0.6) is 0 Å². The van der Waals surface area contributed by atoms with Crippen molar-refractivity contribution in [2.24, 2.45) is 0 Å². The average molecular weight is 339 g/mol. The first-order chi connectivity index (χ1) is 10.8. The molecule has 1 amide bonds. The second kappa shape index (κ2) is 7.08. The van der Waals surface area contributed by atoms with Crippen LogP contribution in [0, 0.1) is 0 Å². The molecule has 0 bridgehead atoms. The minimum Gasteiger partial charge on any atom is -0.322 e. The van der Waals surface area contributed by atoms with Crippen molar-refractivity contribution in [2.45, 2.75) is 24.4 Å². The van der Waals surface area contributed by atoms with Crippen molar-refractivity contribution in [3.05, 3.63) is 59.2 Å². The first-order valence-electron chi connectivity index (χ1n) is 7.00. The molecule has 122 valence electrons. The van der Waals surface area contributed by atoms with Crippen molar-refractivity contribution in [3.63, 3.8) is 0 Å². The topological polar surface area (TPSA) is 29.1 Å². The average Bonchev–Trinajstić information content (AvgIpc) is 2.54. The Morgan fingerprint density at radius 2 is 1.91 bits per heavy atom. The molecule has 0 saturated heterocycles. The largest absolute Gasteiger partial charge is 0.416 e. The molecule has 2 aromatic rings. The molecule has 0 radical (unpaired) electrons. The van der Waals surface area contributed by atoms with Crippen LogP contribution < -0.4 is 5.32 Å². The third kappa shape index (κ3) is 4.28. The smallest absolute Gasteiger partial charge is 0.322 e. The van der Waals surface area contributed by atoms with Gasteiger partial charge >= 0.3 is 6.18 Å². The minimum atomic E-state index is -4.47. The highest BCUT2D eigenvalue weighted by Gasteiger charge is 2.30. The summed E-state index contributed by atoms with van der Waals surface area (Å²) in [5.41, 5.74) is 0.866. The summed E-state index contributed by atoms with van der Waals surface area (Å²) in [6.45, 7) is 2.04. The highest BCUT2D eigenvalue weighted by atomic mass is 32.2. The monoisotopic (exact) mass is 339 g/mol. The lowest BCUT2D eigenvalue weighted by molar-refractivity contribution is -0.137. The van der Waals surface area contributed by atoms with Gasteiger partial charge < -0.3 is 5.32 Å². The zero-order valence-corrected chi connectivity index (χ0v) is 13.5. The molecule has 2 rings (SSSR count). The molecule has 2 aromatic carbocycles. The van der Waals surface area contributed by atoms with Crippen molar-refractivity contribution in [1.29, 1.82) is 0 Å². The van der Waals surface area contributed by atoms with Crippen molar-refractivity contribution in [1.82, 2.24) is 0 Å². The first-order valence-corrected chi connectivity index (χ1v) is 8.23. The van der Waals surface area contributed by atoms with E-state index in [2.05, 4.69) is 5.32 Å². The Morgan fingerprint density at radius 3 is 2.52 bits per heavy atom. The van der Waals surface area contributed by atoms with Gasteiger partial charge in [0.15, 0.2) is 0 Å². The standard InChI is InChI=1S/C17H16F3NOS/c1-3-11-7-8-14(10-15(11)23-2)21-16(22)12-5-4-6-13(9-12)17(18,19)20/h4-10H,3H2,1-2H3,(H,21,22). The predicted molar refractivity (Wildman–Crippen MR) is 87.0 cm³/mol. The number of aryl methyl sites for hydroxylation is 1. The Bertz CT molecular complexity index is 713. The number of thioether (sulfide) groups is 1. The number of hydrogen-bond acceptors (Lipinski definition) is 2. The van der Waals surface area contributed by atoms with Crippen molar-refractivity contribution >= 4 is 23.4 Å². The normalized spacial score (nSPS) is 11.3. The Kier molecular flexibility index (Phi) is 5.36. The summed E-state index contributed by atoms with van der Waals surface area (Å²) in [6, 6.07) is 9.88. The zero-order chi connectivity index (χ0) is 17.0. The maximum Gasteiger partial charge on any atom is 0.416 e. The maximum absolute atomic E-state index is 12.7. The highest BCUT2D eigenvalue weighted by Crippen LogP contribution is 2.30. The van der Waals surface area contributed by atoms with Crippen LogP contribution in [0.1, 0.15) is 28.4 Å². The van der Waals surface area contributed by atoms with Gasteiger partial charge in [-0.1, -0.05) is 19.1 Å². The van der Waals surface area contributed by atoms with Crippen LogP contribution in [0.15, 0.2) is 47.4 Å². The number of benzene rings is 2. The molecule has 0 atom stereocenters. The van der Waals surface area contributed by atoms with Crippen molar-refractivity contribution in [3.8, 4) is 0 Å². The van der Waals surface area contributed by atoms with E-state index in [1.807, 2.05) is 25.3 Å². The van der Waals surface area contributed by atoms with Gasteiger partial charge in [-0.15, -0.1) is 11.8 Å². The van der Waals surface area contributed by atoms with Crippen molar-refractivity contribution < 1.29 is 18.0 Å². The van der Waals surface area contributed by atoms with E-state index in [0.29, 0.717) is 5.69 Å². The molecule has 0 heterocycles. The quantitative estimate of drug-likeness (QED) is 0.772. The molecular weight excluding hydrogens is 323 g/mol. The van der Waals surface area contributed by atoms with Crippen LogP contribution in [-0.4, -0.2) is 12.2 Å². The number of carbonyl (C=O) groups is 1. The molecule has 0 spiro atoms. The summed E-state index contributed by atoms with van der Waals surface area (Å²) >= 11 is 1.56. The van der Waals surface area contributed by atoms with Crippen LogP contribution in [0.4, 0.5) is 18.9 Å². The molecule has 0 unspecified atom stereocenters. The molecule has 23 heavy (non-hydrogen) atoms. The van der Waals surface area contributed by atoms with Crippen LogP contribution in [0.25, 0.3) is 0 Å². The van der Waals surface area contributed by atoms with Gasteiger partial charge in [0, 0.05) is 16.1 Å². The lowest BCUT2D eigenvalue weighted by Gasteiger charge is -2.11. The summed E-state index contributed by atoms with van der Waals surface area (Å²) in [6.07, 6.45) is -1.66. The lowest BCUT2D eigenvalue weighted by atomic mass is 10.1. The third-order valence-corrected chi connectivity index (χ3v) is 4.20. The second-order valence-electron chi connectivity index (χ2n) is 4.91. The molecule has 0 saturated carbocycles. The van der Waals surface area contributed by atoms with E-state index in [0.717, 1.165) is 29.0 Å². The van der Waals surface area contributed by atoms with Gasteiger partial charge in [-0.3, -0.25) is 4.79 Å². The van der Waals surface area contributed by atoms with Gasteiger partial charge in [-0.2, -0.15) is 13.2 Å². The molecule has 0 aliphatic rings. The van der Waals surface area contributed by atoms with E-state index < -0.39 is 17.6 Å². The third-order valence-electron chi connectivity index (χ3n) is 3.38. The first kappa shape index (κ1) is 17.4. The SMILES string of the molecule is CCc1ccc(NC(=O)c2cccc(C(F)(F)F)c2)cc1SC. The molecular formula is C17H16F3NOS. The Labute approximate surface area is 137 Å². The number of anilines is 1. The van der Waals surface area contributed by atoms with Gasteiger partial charge in [-0.25, -0.2) is 0 Å². The van der Waals surface area contributed by atoms with Crippen LogP contribution in [0.2, 0.25) is 0 Å². The molecule has 0 aromatic heterocycles. The van der Waals surface area contributed by atoms with E-state index in [-0.39, 0.29) is 5.56 Å². The van der Waals surface area contributed by atoms with E-state index in [4.69, 9.17) is 0 Å². The summed E-state index contributed by atoms with van der Waals surface area (Å²) in [5, 5.41) is 2.64. The number of carbonyl (C=O) groups excluding carboxylic acids is 1. The summed E-state index contributed by atoms with van der Waals surface area (Å²) < 4.78 is 38.1. The Hall–Kier alpha value is -1.95. The van der Waals surface area contributed by atoms with E-state index in [1.165, 1.54) is 12.1 Å². The van der Waals surface area contributed by atoms with E-state index in [9.17, 15) is 18.0 Å². The number of hydrogen-bond donors (Lipinski definition) is 1. The molecule has 0 aliphatic heterocycles. The Morgan fingerprint density at radius 1 is 1.17 bits per heavy atom. The molecule has 6 heteroatoms. The maximum atomic E-state index is 12.7.